The van der Waals surface area contributed by atoms with Crippen molar-refractivity contribution in [3.8, 4) is 11.8 Å². The van der Waals surface area contributed by atoms with Crippen LogP contribution in [0.4, 0.5) is 0 Å². The van der Waals surface area contributed by atoms with E-state index in [4.69, 9.17) is 4.74 Å². The molecule has 0 bridgehead atoms. The van der Waals surface area contributed by atoms with Crippen LogP contribution in [0.3, 0.4) is 0 Å². The molecule has 0 atom stereocenters. The number of aryl methyl sites for hydroxylation is 1. The number of tetrazole rings is 1. The number of aromatic nitrogens is 4. The van der Waals surface area contributed by atoms with Crippen molar-refractivity contribution in [2.24, 2.45) is 7.05 Å². The van der Waals surface area contributed by atoms with Crippen LogP contribution in [-0.2, 0) is 7.05 Å². The van der Waals surface area contributed by atoms with Gasteiger partial charge in [0.1, 0.15) is 5.75 Å². The third kappa shape index (κ3) is 2.00. The van der Waals surface area contributed by atoms with Crippen LogP contribution >= 0.6 is 22.6 Å². The van der Waals surface area contributed by atoms with E-state index >= 15 is 0 Å². The maximum Gasteiger partial charge on any atom is 0.340 e. The number of benzene rings is 1. The number of rotatable bonds is 2. The van der Waals surface area contributed by atoms with Crippen molar-refractivity contribution in [3.63, 3.8) is 0 Å². The third-order valence-corrected chi connectivity index (χ3v) is 2.26. The van der Waals surface area contributed by atoms with Crippen LogP contribution in [0.5, 0.6) is 11.8 Å². The molecule has 0 aliphatic rings. The van der Waals surface area contributed by atoms with Gasteiger partial charge in [-0.25, -0.2) is 0 Å². The maximum atomic E-state index is 5.45. The van der Waals surface area contributed by atoms with Crippen LogP contribution in [0.15, 0.2) is 24.3 Å². The van der Waals surface area contributed by atoms with Crippen molar-refractivity contribution in [1.82, 2.24) is 20.2 Å². The zero-order valence-electron chi connectivity index (χ0n) is 7.38. The quantitative estimate of drug-likeness (QED) is 0.791. The molecule has 5 nitrogen and oxygen atoms in total. The summed E-state index contributed by atoms with van der Waals surface area (Å²) in [5.41, 5.74) is 0. The van der Waals surface area contributed by atoms with E-state index in [0.29, 0.717) is 6.01 Å². The zero-order chi connectivity index (χ0) is 9.97. The van der Waals surface area contributed by atoms with Gasteiger partial charge in [-0.1, -0.05) is 11.2 Å². The van der Waals surface area contributed by atoms with Gasteiger partial charge < -0.3 is 4.74 Å². The molecule has 0 spiro atoms. The molecular formula is C8H7IN4O. The summed E-state index contributed by atoms with van der Waals surface area (Å²) in [6.45, 7) is 0. The fraction of sp³-hybridized carbons (Fsp3) is 0.125. The van der Waals surface area contributed by atoms with Crippen LogP contribution < -0.4 is 4.74 Å². The molecule has 1 aromatic carbocycles. The Kier molecular flexibility index (Phi) is 2.62. The molecule has 2 aromatic rings. The Bertz CT molecular complexity index is 442. The fourth-order valence-electron chi connectivity index (χ4n) is 0.944. The molecule has 1 heterocycles. The van der Waals surface area contributed by atoms with Gasteiger partial charge in [0.25, 0.3) is 0 Å². The van der Waals surface area contributed by atoms with E-state index in [9.17, 15) is 0 Å². The van der Waals surface area contributed by atoms with Gasteiger partial charge in [0, 0.05) is 10.6 Å². The smallest absolute Gasteiger partial charge is 0.340 e. The predicted octanol–water partition coefficient (Wildman–Crippen LogP) is 1.61. The van der Waals surface area contributed by atoms with Crippen LogP contribution in [-0.4, -0.2) is 20.2 Å². The molecule has 2 rings (SSSR count). The van der Waals surface area contributed by atoms with Crippen molar-refractivity contribution in [1.29, 1.82) is 0 Å². The van der Waals surface area contributed by atoms with E-state index in [1.54, 1.807) is 7.05 Å². The van der Waals surface area contributed by atoms with Gasteiger partial charge in [0.2, 0.25) is 0 Å². The number of ether oxygens (including phenoxy) is 1. The van der Waals surface area contributed by atoms with E-state index < -0.39 is 0 Å². The lowest BCUT2D eigenvalue weighted by molar-refractivity contribution is 0.414. The standard InChI is InChI=1S/C8H7IN4O/c1-13-8(10-11-12-13)14-7-4-2-3-6(9)5-7/h2-5H,1H3. The Morgan fingerprint density at radius 3 is 2.93 bits per heavy atom. The Balaban J connectivity index is 2.23. The van der Waals surface area contributed by atoms with Crippen LogP contribution in [0.2, 0.25) is 0 Å². The zero-order valence-corrected chi connectivity index (χ0v) is 9.54. The summed E-state index contributed by atoms with van der Waals surface area (Å²) in [7, 11) is 1.73. The van der Waals surface area contributed by atoms with Crippen molar-refractivity contribution in [2.45, 2.75) is 0 Å². The molecule has 72 valence electrons. The first-order valence-electron chi connectivity index (χ1n) is 3.91. The van der Waals surface area contributed by atoms with E-state index in [1.165, 1.54) is 4.68 Å². The highest BCUT2D eigenvalue weighted by molar-refractivity contribution is 14.1. The number of hydrogen-bond donors (Lipinski definition) is 0. The minimum atomic E-state index is 0.381. The minimum Gasteiger partial charge on any atom is -0.423 e. The van der Waals surface area contributed by atoms with E-state index in [2.05, 4.69) is 38.1 Å². The van der Waals surface area contributed by atoms with Crippen LogP contribution in [0.1, 0.15) is 0 Å². The highest BCUT2D eigenvalue weighted by atomic mass is 127. The second-order valence-corrected chi connectivity index (χ2v) is 3.89. The Labute approximate surface area is 94.2 Å². The van der Waals surface area contributed by atoms with Crippen molar-refractivity contribution < 1.29 is 4.74 Å². The first-order chi connectivity index (χ1) is 6.75. The first kappa shape index (κ1) is 9.38. The highest BCUT2D eigenvalue weighted by Crippen LogP contribution is 2.19. The van der Waals surface area contributed by atoms with Gasteiger partial charge in [-0.3, -0.25) is 0 Å². The van der Waals surface area contributed by atoms with Gasteiger partial charge >= 0.3 is 6.01 Å². The monoisotopic (exact) mass is 302 g/mol. The highest BCUT2D eigenvalue weighted by Gasteiger charge is 2.04. The predicted molar refractivity (Wildman–Crippen MR) is 58.0 cm³/mol. The topological polar surface area (TPSA) is 52.8 Å². The summed E-state index contributed by atoms with van der Waals surface area (Å²) < 4.78 is 8.03. The fourth-order valence-corrected chi connectivity index (χ4v) is 1.46. The van der Waals surface area contributed by atoms with Crippen molar-refractivity contribution in [3.05, 3.63) is 27.8 Å². The second-order valence-electron chi connectivity index (χ2n) is 2.64. The molecule has 0 unspecified atom stereocenters. The second kappa shape index (κ2) is 3.91. The number of hydrogen-bond acceptors (Lipinski definition) is 4. The summed E-state index contributed by atoms with van der Waals surface area (Å²) in [5, 5.41) is 10.9. The molecule has 0 radical (unpaired) electrons. The lowest BCUT2D eigenvalue weighted by Gasteiger charge is -2.02. The Hall–Kier alpha value is -1.18. The molecule has 0 aliphatic carbocycles. The Morgan fingerprint density at radius 1 is 1.43 bits per heavy atom. The first-order valence-corrected chi connectivity index (χ1v) is 4.99. The molecule has 0 saturated carbocycles. The van der Waals surface area contributed by atoms with Crippen molar-refractivity contribution >= 4 is 22.6 Å². The molecule has 1 aromatic heterocycles. The SMILES string of the molecule is Cn1nnnc1Oc1cccc(I)c1. The van der Waals surface area contributed by atoms with E-state index in [0.717, 1.165) is 9.32 Å². The average Bonchev–Trinajstić information content (AvgIpc) is 2.52. The van der Waals surface area contributed by atoms with Gasteiger partial charge in [0.15, 0.2) is 0 Å². The molecule has 14 heavy (non-hydrogen) atoms. The van der Waals surface area contributed by atoms with E-state index in [1.807, 2.05) is 24.3 Å². The Morgan fingerprint density at radius 2 is 2.29 bits per heavy atom. The minimum absolute atomic E-state index is 0.381. The van der Waals surface area contributed by atoms with E-state index in [-0.39, 0.29) is 0 Å². The maximum absolute atomic E-state index is 5.45. The summed E-state index contributed by atoms with van der Waals surface area (Å²) in [6.07, 6.45) is 0. The average molecular weight is 302 g/mol. The van der Waals surface area contributed by atoms with Gasteiger partial charge in [-0.05, 0) is 51.2 Å². The summed E-state index contributed by atoms with van der Waals surface area (Å²) in [5.74, 6) is 0.731. The van der Waals surface area contributed by atoms with Gasteiger partial charge in [-0.15, -0.1) is 0 Å². The normalized spacial score (nSPS) is 10.1. The van der Waals surface area contributed by atoms with Crippen LogP contribution in [0.25, 0.3) is 0 Å². The van der Waals surface area contributed by atoms with Crippen LogP contribution in [0, 0.1) is 3.57 Å². The number of halogens is 1. The molecule has 0 aliphatic heterocycles. The largest absolute Gasteiger partial charge is 0.423 e. The molecular weight excluding hydrogens is 295 g/mol. The van der Waals surface area contributed by atoms with Gasteiger partial charge in [0.05, 0.1) is 0 Å². The number of nitrogens with zero attached hydrogens (tertiary/aromatic N) is 4. The summed E-state index contributed by atoms with van der Waals surface area (Å²) in [4.78, 5) is 0. The molecule has 0 amide bonds. The molecule has 6 heteroatoms. The third-order valence-electron chi connectivity index (χ3n) is 1.59. The molecule has 0 fully saturated rings. The summed E-state index contributed by atoms with van der Waals surface area (Å²) in [6, 6.07) is 8.06. The van der Waals surface area contributed by atoms with Crippen molar-refractivity contribution in [2.75, 3.05) is 0 Å². The lowest BCUT2D eigenvalue weighted by atomic mass is 10.3. The summed E-state index contributed by atoms with van der Waals surface area (Å²) >= 11 is 2.22. The lowest BCUT2D eigenvalue weighted by Crippen LogP contribution is -1.95. The molecule has 0 saturated heterocycles. The molecule has 0 N–H and O–H groups in total. The van der Waals surface area contributed by atoms with Gasteiger partial charge in [-0.2, -0.15) is 4.68 Å².